The zero-order valence-corrected chi connectivity index (χ0v) is 19.5. The van der Waals surface area contributed by atoms with Crippen molar-refractivity contribution in [1.82, 2.24) is 14.5 Å². The SMILES string of the molecule is CCN(CC)C(CNC(=O)C1CCN(S(=O)(=O)c2ccc(F)cc2)CC1)c1ccccc1. The number of hydrogen-bond acceptors (Lipinski definition) is 4. The molecular formula is C24H32FN3O3S. The van der Waals surface area contributed by atoms with Crippen molar-refractivity contribution in [2.45, 2.75) is 37.6 Å². The minimum Gasteiger partial charge on any atom is -0.354 e. The molecule has 1 unspecified atom stereocenters. The van der Waals surface area contributed by atoms with Crippen LogP contribution in [0.3, 0.4) is 0 Å². The average molecular weight is 462 g/mol. The zero-order valence-electron chi connectivity index (χ0n) is 18.7. The molecule has 32 heavy (non-hydrogen) atoms. The Bertz CT molecular complexity index is 971. The minimum atomic E-state index is -3.68. The predicted molar refractivity (Wildman–Crippen MR) is 123 cm³/mol. The summed E-state index contributed by atoms with van der Waals surface area (Å²) in [6.07, 6.45) is 0.932. The van der Waals surface area contributed by atoms with Crippen LogP contribution in [0.1, 0.15) is 38.3 Å². The number of nitrogens with one attached hydrogen (secondary N) is 1. The van der Waals surface area contributed by atoms with E-state index in [4.69, 9.17) is 0 Å². The van der Waals surface area contributed by atoms with Crippen molar-refractivity contribution in [1.29, 1.82) is 0 Å². The van der Waals surface area contributed by atoms with Crippen molar-refractivity contribution in [3.05, 3.63) is 66.0 Å². The second kappa shape index (κ2) is 11.0. The summed E-state index contributed by atoms with van der Waals surface area (Å²) in [4.78, 5) is 15.2. The van der Waals surface area contributed by atoms with Gasteiger partial charge in [-0.05, 0) is 55.8 Å². The molecule has 0 spiro atoms. The summed E-state index contributed by atoms with van der Waals surface area (Å²) in [6.45, 7) is 7.04. The normalized spacial score (nSPS) is 16.8. The fourth-order valence-corrected chi connectivity index (χ4v) is 5.72. The Balaban J connectivity index is 1.58. The fourth-order valence-electron chi connectivity index (χ4n) is 4.25. The van der Waals surface area contributed by atoms with Crippen LogP contribution in [0.15, 0.2) is 59.5 Å². The lowest BCUT2D eigenvalue weighted by Crippen LogP contribution is -2.45. The van der Waals surface area contributed by atoms with Gasteiger partial charge in [0.05, 0.1) is 10.9 Å². The molecular weight excluding hydrogens is 429 g/mol. The molecule has 1 saturated heterocycles. The Morgan fingerprint density at radius 3 is 2.22 bits per heavy atom. The van der Waals surface area contributed by atoms with E-state index in [9.17, 15) is 17.6 Å². The Morgan fingerprint density at radius 2 is 1.66 bits per heavy atom. The Morgan fingerprint density at radius 1 is 1.06 bits per heavy atom. The van der Waals surface area contributed by atoms with E-state index in [1.807, 2.05) is 18.2 Å². The fraction of sp³-hybridized carbons (Fsp3) is 0.458. The van der Waals surface area contributed by atoms with Gasteiger partial charge < -0.3 is 5.32 Å². The smallest absolute Gasteiger partial charge is 0.243 e. The monoisotopic (exact) mass is 461 g/mol. The van der Waals surface area contributed by atoms with E-state index in [-0.39, 0.29) is 35.9 Å². The highest BCUT2D eigenvalue weighted by Gasteiger charge is 2.32. The maximum Gasteiger partial charge on any atom is 0.243 e. The van der Waals surface area contributed by atoms with Crippen LogP contribution in [0, 0.1) is 11.7 Å². The number of benzene rings is 2. The molecule has 1 aliphatic heterocycles. The first kappa shape index (κ1) is 24.4. The van der Waals surface area contributed by atoms with E-state index < -0.39 is 15.8 Å². The Kier molecular flexibility index (Phi) is 8.39. The zero-order chi connectivity index (χ0) is 23.1. The highest BCUT2D eigenvalue weighted by atomic mass is 32.2. The van der Waals surface area contributed by atoms with Gasteiger partial charge in [0.1, 0.15) is 5.82 Å². The van der Waals surface area contributed by atoms with Gasteiger partial charge in [-0.2, -0.15) is 4.31 Å². The highest BCUT2D eigenvalue weighted by Crippen LogP contribution is 2.25. The molecule has 0 bridgehead atoms. The summed E-state index contributed by atoms with van der Waals surface area (Å²) >= 11 is 0. The van der Waals surface area contributed by atoms with Crippen molar-refractivity contribution in [3.8, 4) is 0 Å². The lowest BCUT2D eigenvalue weighted by Gasteiger charge is -2.33. The number of carbonyl (C=O) groups excluding carboxylic acids is 1. The first-order valence-corrected chi connectivity index (χ1v) is 12.6. The summed E-state index contributed by atoms with van der Waals surface area (Å²) < 4.78 is 40.1. The van der Waals surface area contributed by atoms with Gasteiger partial charge in [-0.15, -0.1) is 0 Å². The largest absolute Gasteiger partial charge is 0.354 e. The minimum absolute atomic E-state index is 0.0306. The van der Waals surface area contributed by atoms with Crippen molar-refractivity contribution in [3.63, 3.8) is 0 Å². The second-order valence-corrected chi connectivity index (χ2v) is 9.96. The van der Waals surface area contributed by atoms with E-state index in [1.54, 1.807) is 0 Å². The first-order valence-electron chi connectivity index (χ1n) is 11.2. The number of amides is 1. The van der Waals surface area contributed by atoms with Gasteiger partial charge >= 0.3 is 0 Å². The molecule has 6 nitrogen and oxygen atoms in total. The molecule has 1 heterocycles. The summed E-state index contributed by atoms with van der Waals surface area (Å²) in [6, 6.07) is 15.1. The van der Waals surface area contributed by atoms with Crippen LogP contribution in [0.25, 0.3) is 0 Å². The van der Waals surface area contributed by atoms with Gasteiger partial charge in [0, 0.05) is 25.6 Å². The molecule has 1 fully saturated rings. The average Bonchev–Trinajstić information content (AvgIpc) is 2.82. The standard InChI is InChI=1S/C24H32FN3O3S/c1-3-27(4-2)23(19-8-6-5-7-9-19)18-26-24(29)20-14-16-28(17-15-20)32(30,31)22-12-10-21(25)11-13-22/h5-13,20,23H,3-4,14-18H2,1-2H3,(H,26,29). The summed E-state index contributed by atoms with van der Waals surface area (Å²) in [5.74, 6) is -0.724. The van der Waals surface area contributed by atoms with Crippen LogP contribution in [-0.4, -0.2) is 56.3 Å². The molecule has 1 N–H and O–H groups in total. The van der Waals surface area contributed by atoms with Crippen LogP contribution in [-0.2, 0) is 14.8 Å². The molecule has 1 amide bonds. The van der Waals surface area contributed by atoms with Gasteiger partial charge in [0.15, 0.2) is 0 Å². The number of likely N-dealkylation sites (N-methyl/N-ethyl adjacent to an activating group) is 1. The maximum absolute atomic E-state index is 13.1. The van der Waals surface area contributed by atoms with E-state index in [0.717, 1.165) is 30.8 Å². The molecule has 174 valence electrons. The number of nitrogens with zero attached hydrogens (tertiary/aromatic N) is 2. The lowest BCUT2D eigenvalue weighted by atomic mass is 9.97. The van der Waals surface area contributed by atoms with Crippen LogP contribution in [0.5, 0.6) is 0 Å². The van der Waals surface area contributed by atoms with Gasteiger partial charge in [0.2, 0.25) is 15.9 Å². The summed E-state index contributed by atoms with van der Waals surface area (Å²) in [5, 5.41) is 3.10. The van der Waals surface area contributed by atoms with Crippen LogP contribution < -0.4 is 5.32 Å². The third-order valence-electron chi connectivity index (χ3n) is 6.18. The summed E-state index contributed by atoms with van der Waals surface area (Å²) in [7, 11) is -3.68. The third kappa shape index (κ3) is 5.74. The molecule has 1 atom stereocenters. The van der Waals surface area contributed by atoms with Crippen LogP contribution in [0.4, 0.5) is 4.39 Å². The molecule has 2 aromatic rings. The molecule has 0 aliphatic carbocycles. The van der Waals surface area contributed by atoms with Crippen molar-refractivity contribution in [2.24, 2.45) is 5.92 Å². The Labute approximate surface area is 190 Å². The van der Waals surface area contributed by atoms with Gasteiger partial charge in [0.25, 0.3) is 0 Å². The first-order chi connectivity index (χ1) is 15.4. The van der Waals surface area contributed by atoms with Crippen LogP contribution >= 0.6 is 0 Å². The topological polar surface area (TPSA) is 69.7 Å². The lowest BCUT2D eigenvalue weighted by molar-refractivity contribution is -0.126. The Hall–Kier alpha value is -2.29. The number of sulfonamides is 1. The van der Waals surface area contributed by atoms with Gasteiger partial charge in [-0.25, -0.2) is 12.8 Å². The van der Waals surface area contributed by atoms with E-state index in [0.29, 0.717) is 19.4 Å². The number of halogens is 1. The number of carbonyl (C=O) groups is 1. The van der Waals surface area contributed by atoms with Crippen molar-refractivity contribution < 1.29 is 17.6 Å². The third-order valence-corrected chi connectivity index (χ3v) is 8.10. The summed E-state index contributed by atoms with van der Waals surface area (Å²) in [5.41, 5.74) is 1.16. The number of rotatable bonds is 9. The quantitative estimate of drug-likeness (QED) is 0.621. The molecule has 0 saturated carbocycles. The van der Waals surface area contributed by atoms with E-state index in [1.165, 1.54) is 16.4 Å². The van der Waals surface area contributed by atoms with Crippen molar-refractivity contribution >= 4 is 15.9 Å². The van der Waals surface area contributed by atoms with Gasteiger partial charge in [-0.1, -0.05) is 44.2 Å². The second-order valence-electron chi connectivity index (χ2n) is 8.03. The maximum atomic E-state index is 13.1. The van der Waals surface area contributed by atoms with Gasteiger partial charge in [-0.3, -0.25) is 9.69 Å². The highest BCUT2D eigenvalue weighted by molar-refractivity contribution is 7.89. The molecule has 8 heteroatoms. The number of hydrogen-bond donors (Lipinski definition) is 1. The van der Waals surface area contributed by atoms with Crippen molar-refractivity contribution in [2.75, 3.05) is 32.7 Å². The molecule has 2 aromatic carbocycles. The van der Waals surface area contributed by atoms with E-state index in [2.05, 4.69) is 36.2 Å². The molecule has 0 radical (unpaired) electrons. The molecule has 0 aromatic heterocycles. The molecule has 1 aliphatic rings. The van der Waals surface area contributed by atoms with E-state index >= 15 is 0 Å². The number of piperidine rings is 1. The van der Waals surface area contributed by atoms with Crippen LogP contribution in [0.2, 0.25) is 0 Å². The molecule has 3 rings (SSSR count). The predicted octanol–water partition coefficient (Wildman–Crippen LogP) is 3.43.